The lowest BCUT2D eigenvalue weighted by Crippen LogP contribution is -2.61. The van der Waals surface area contributed by atoms with Crippen molar-refractivity contribution in [2.24, 2.45) is 0 Å². The molecule has 2 heterocycles. The molecule has 0 aliphatic carbocycles. The highest BCUT2D eigenvalue weighted by atomic mass is 19.1. The summed E-state index contributed by atoms with van der Waals surface area (Å²) in [5.41, 5.74) is 1.60. The van der Waals surface area contributed by atoms with Crippen LogP contribution in [-0.4, -0.2) is 38.6 Å². The van der Waals surface area contributed by atoms with Crippen molar-refractivity contribution < 1.29 is 9.18 Å². The highest BCUT2D eigenvalue weighted by molar-refractivity contribution is 6.05. The summed E-state index contributed by atoms with van der Waals surface area (Å²) in [4.78, 5) is 15.8. The molecule has 0 bridgehead atoms. The van der Waals surface area contributed by atoms with E-state index in [1.54, 1.807) is 18.0 Å². The van der Waals surface area contributed by atoms with Gasteiger partial charge in [0.1, 0.15) is 11.9 Å². The Bertz CT molecular complexity index is 477. The summed E-state index contributed by atoms with van der Waals surface area (Å²) in [5.74, 6) is -0.285. The number of halogens is 1. The Hall–Kier alpha value is -1.62. The zero-order valence-electron chi connectivity index (χ0n) is 9.61. The first kappa shape index (κ1) is 10.5. The van der Waals surface area contributed by atoms with Crippen LogP contribution in [0.3, 0.4) is 0 Å². The van der Waals surface area contributed by atoms with Gasteiger partial charge in [-0.15, -0.1) is 0 Å². The number of anilines is 2. The Labute approximate surface area is 99.0 Å². The van der Waals surface area contributed by atoms with Gasteiger partial charge in [-0.3, -0.25) is 4.79 Å². The van der Waals surface area contributed by atoms with Crippen molar-refractivity contribution in [1.82, 2.24) is 5.32 Å². The van der Waals surface area contributed by atoms with Crippen molar-refractivity contribution in [1.29, 1.82) is 0 Å². The number of fused-ring (bicyclic) bond motifs is 3. The monoisotopic (exact) mass is 235 g/mol. The minimum atomic E-state index is -0.308. The van der Waals surface area contributed by atoms with E-state index < -0.39 is 0 Å². The summed E-state index contributed by atoms with van der Waals surface area (Å²) < 4.78 is 13.3. The van der Waals surface area contributed by atoms with E-state index in [9.17, 15) is 9.18 Å². The van der Waals surface area contributed by atoms with Crippen molar-refractivity contribution in [2.45, 2.75) is 6.04 Å². The molecule has 0 radical (unpaired) electrons. The van der Waals surface area contributed by atoms with Crippen molar-refractivity contribution in [3.05, 3.63) is 24.0 Å². The molecule has 1 amide bonds. The van der Waals surface area contributed by atoms with E-state index in [1.165, 1.54) is 12.1 Å². The summed E-state index contributed by atoms with van der Waals surface area (Å²) >= 11 is 0. The lowest BCUT2D eigenvalue weighted by atomic mass is 10.0. The maximum atomic E-state index is 13.3. The number of carbonyl (C=O) groups excluding carboxylic acids is 1. The first-order valence-corrected chi connectivity index (χ1v) is 5.73. The smallest absolute Gasteiger partial charge is 0.250 e. The van der Waals surface area contributed by atoms with Crippen LogP contribution in [0.4, 0.5) is 15.8 Å². The summed E-state index contributed by atoms with van der Waals surface area (Å²) in [7, 11) is 1.70. The van der Waals surface area contributed by atoms with Crippen LogP contribution in [0.1, 0.15) is 0 Å². The van der Waals surface area contributed by atoms with Crippen LogP contribution in [0.2, 0.25) is 0 Å². The highest BCUT2D eigenvalue weighted by Gasteiger charge is 2.37. The standard InChI is InChI=1S/C12H14FN3O/c1-15-10-6-8(13)2-3-9(10)16-5-4-14-7-11(16)12(15)17/h2-3,6,11,14H,4-5,7H2,1H3. The quantitative estimate of drug-likeness (QED) is 0.714. The second-order valence-corrected chi connectivity index (χ2v) is 4.44. The lowest BCUT2D eigenvalue weighted by molar-refractivity contribution is -0.120. The van der Waals surface area contributed by atoms with Crippen LogP contribution in [0.25, 0.3) is 0 Å². The Morgan fingerprint density at radius 2 is 2.24 bits per heavy atom. The Balaban J connectivity index is 2.12. The number of likely N-dealkylation sites (N-methyl/N-ethyl adjacent to an activating group) is 1. The molecule has 1 saturated heterocycles. The van der Waals surface area contributed by atoms with E-state index in [4.69, 9.17) is 0 Å². The van der Waals surface area contributed by atoms with Gasteiger partial charge in [0.15, 0.2) is 0 Å². The Morgan fingerprint density at radius 3 is 3.06 bits per heavy atom. The molecule has 2 aliphatic heterocycles. The molecule has 90 valence electrons. The molecule has 1 aromatic rings. The number of amides is 1. The summed E-state index contributed by atoms with van der Waals surface area (Å²) in [6, 6.07) is 4.46. The minimum absolute atomic E-state index is 0.0234. The zero-order valence-corrected chi connectivity index (χ0v) is 9.61. The Morgan fingerprint density at radius 1 is 1.41 bits per heavy atom. The van der Waals surface area contributed by atoms with E-state index >= 15 is 0 Å². The molecule has 0 spiro atoms. The third-order valence-corrected chi connectivity index (χ3v) is 3.47. The molecular weight excluding hydrogens is 221 g/mol. The summed E-state index contributed by atoms with van der Waals surface area (Å²) in [6.45, 7) is 2.28. The fourth-order valence-electron chi connectivity index (χ4n) is 2.56. The van der Waals surface area contributed by atoms with Gasteiger partial charge in [-0.05, 0) is 18.2 Å². The number of piperazine rings is 1. The van der Waals surface area contributed by atoms with Gasteiger partial charge in [-0.1, -0.05) is 0 Å². The predicted octanol–water partition coefficient (Wildman–Crippen LogP) is 0.580. The molecular formula is C12H14FN3O. The normalized spacial score (nSPS) is 23.4. The molecule has 17 heavy (non-hydrogen) atoms. The summed E-state index contributed by atoms with van der Waals surface area (Å²) in [6.07, 6.45) is 0. The van der Waals surface area contributed by atoms with Crippen LogP contribution in [-0.2, 0) is 4.79 Å². The number of benzene rings is 1. The number of nitrogens with one attached hydrogen (secondary N) is 1. The van der Waals surface area contributed by atoms with Crippen molar-refractivity contribution in [3.8, 4) is 0 Å². The van der Waals surface area contributed by atoms with Gasteiger partial charge >= 0.3 is 0 Å². The second-order valence-electron chi connectivity index (χ2n) is 4.44. The highest BCUT2D eigenvalue weighted by Crippen LogP contribution is 2.36. The van der Waals surface area contributed by atoms with Gasteiger partial charge in [-0.2, -0.15) is 0 Å². The first-order chi connectivity index (χ1) is 8.18. The number of hydrogen-bond acceptors (Lipinski definition) is 3. The van der Waals surface area contributed by atoms with Crippen molar-refractivity contribution >= 4 is 17.3 Å². The first-order valence-electron chi connectivity index (χ1n) is 5.73. The summed E-state index contributed by atoms with van der Waals surface area (Å²) in [5, 5.41) is 3.21. The van der Waals surface area contributed by atoms with Crippen LogP contribution in [0.15, 0.2) is 18.2 Å². The molecule has 4 nitrogen and oxygen atoms in total. The third kappa shape index (κ3) is 1.50. The number of hydrogen-bond donors (Lipinski definition) is 1. The van der Waals surface area contributed by atoms with Gasteiger partial charge in [-0.25, -0.2) is 4.39 Å². The second kappa shape index (κ2) is 3.70. The van der Waals surface area contributed by atoms with Gasteiger partial charge in [0.05, 0.1) is 11.4 Å². The van der Waals surface area contributed by atoms with Crippen LogP contribution < -0.4 is 15.1 Å². The van der Waals surface area contributed by atoms with Crippen LogP contribution in [0, 0.1) is 5.82 Å². The topological polar surface area (TPSA) is 35.6 Å². The SMILES string of the molecule is CN1C(=O)C2CNCCN2c2ccc(F)cc21. The predicted molar refractivity (Wildman–Crippen MR) is 63.8 cm³/mol. The van der Waals surface area contributed by atoms with Gasteiger partial charge in [0.25, 0.3) is 5.91 Å². The van der Waals surface area contributed by atoms with Gasteiger partial charge < -0.3 is 15.1 Å². The van der Waals surface area contributed by atoms with Crippen LogP contribution >= 0.6 is 0 Å². The van der Waals surface area contributed by atoms with E-state index in [0.717, 1.165) is 18.8 Å². The molecule has 0 aromatic heterocycles. The van der Waals surface area contributed by atoms with Crippen molar-refractivity contribution in [2.75, 3.05) is 36.5 Å². The fraction of sp³-hybridized carbons (Fsp3) is 0.417. The van der Waals surface area contributed by atoms with E-state index in [0.29, 0.717) is 12.2 Å². The third-order valence-electron chi connectivity index (χ3n) is 3.47. The Kier molecular flexibility index (Phi) is 2.29. The number of carbonyl (C=O) groups is 1. The molecule has 1 unspecified atom stereocenters. The molecule has 3 rings (SSSR count). The molecule has 1 N–H and O–H groups in total. The molecule has 1 fully saturated rings. The molecule has 2 aliphatic rings. The van der Waals surface area contributed by atoms with E-state index in [-0.39, 0.29) is 17.8 Å². The average molecular weight is 235 g/mol. The fourth-order valence-corrected chi connectivity index (χ4v) is 2.56. The lowest BCUT2D eigenvalue weighted by Gasteiger charge is -2.44. The number of rotatable bonds is 0. The van der Waals surface area contributed by atoms with Crippen molar-refractivity contribution in [3.63, 3.8) is 0 Å². The maximum absolute atomic E-state index is 13.3. The van der Waals surface area contributed by atoms with Crippen LogP contribution in [0.5, 0.6) is 0 Å². The molecule has 1 atom stereocenters. The minimum Gasteiger partial charge on any atom is -0.355 e. The maximum Gasteiger partial charge on any atom is 0.250 e. The zero-order chi connectivity index (χ0) is 12.0. The van der Waals surface area contributed by atoms with E-state index in [1.807, 2.05) is 0 Å². The number of nitrogens with zero attached hydrogens (tertiary/aromatic N) is 2. The van der Waals surface area contributed by atoms with Gasteiger partial charge in [0.2, 0.25) is 0 Å². The molecule has 5 heteroatoms. The van der Waals surface area contributed by atoms with Gasteiger partial charge in [0, 0.05) is 26.7 Å². The van der Waals surface area contributed by atoms with E-state index in [2.05, 4.69) is 10.2 Å². The largest absolute Gasteiger partial charge is 0.355 e. The molecule has 1 aromatic carbocycles. The molecule has 0 saturated carbocycles. The average Bonchev–Trinajstić information content (AvgIpc) is 2.36.